The minimum absolute atomic E-state index is 0.0887. The molecule has 1 aromatic heterocycles. The first-order chi connectivity index (χ1) is 14.4. The monoisotopic (exact) mass is 488 g/mol. The number of thioether (sulfide) groups is 1. The molecule has 0 aliphatic heterocycles. The molecular formula is C22H25BrN4O2S. The van der Waals surface area contributed by atoms with Gasteiger partial charge in [-0.3, -0.25) is 4.79 Å². The van der Waals surface area contributed by atoms with Gasteiger partial charge in [0.15, 0.2) is 17.1 Å². The summed E-state index contributed by atoms with van der Waals surface area (Å²) < 4.78 is 9.13. The van der Waals surface area contributed by atoms with E-state index in [4.69, 9.17) is 4.74 Å². The van der Waals surface area contributed by atoms with Crippen molar-refractivity contribution in [3.63, 3.8) is 0 Å². The largest absolute Gasteiger partial charge is 0.482 e. The number of rotatable bonds is 8. The fourth-order valence-corrected chi connectivity index (χ4v) is 4.03. The van der Waals surface area contributed by atoms with Gasteiger partial charge in [0.25, 0.3) is 0 Å². The van der Waals surface area contributed by atoms with Gasteiger partial charge in [0.2, 0.25) is 5.91 Å². The lowest BCUT2D eigenvalue weighted by molar-refractivity contribution is -0.113. The Morgan fingerprint density at radius 2 is 1.93 bits per heavy atom. The van der Waals surface area contributed by atoms with Crippen LogP contribution in [-0.4, -0.2) is 26.4 Å². The van der Waals surface area contributed by atoms with Gasteiger partial charge in [-0.15, -0.1) is 10.2 Å². The Balaban J connectivity index is 1.65. The lowest BCUT2D eigenvalue weighted by atomic mass is 10.1. The number of benzene rings is 2. The zero-order chi connectivity index (χ0) is 21.7. The highest BCUT2D eigenvalue weighted by Crippen LogP contribution is 2.28. The van der Waals surface area contributed by atoms with Crippen LogP contribution in [0.15, 0.2) is 52.1 Å². The van der Waals surface area contributed by atoms with Gasteiger partial charge >= 0.3 is 0 Å². The number of aryl methyl sites for hydroxylation is 1. The molecule has 1 amide bonds. The number of nitrogens with zero attached hydrogens (tertiary/aromatic N) is 3. The number of carbonyl (C=O) groups excluding carboxylic acids is 1. The lowest BCUT2D eigenvalue weighted by Crippen LogP contribution is -2.15. The van der Waals surface area contributed by atoms with Crippen LogP contribution in [0.1, 0.15) is 36.9 Å². The molecule has 30 heavy (non-hydrogen) atoms. The Kier molecular flexibility index (Phi) is 7.55. The second-order valence-corrected chi connectivity index (χ2v) is 8.75. The quantitative estimate of drug-likeness (QED) is 0.421. The number of ether oxygens (including phenoxy) is 1. The van der Waals surface area contributed by atoms with Gasteiger partial charge in [-0.2, -0.15) is 0 Å². The standard InChI is InChI=1S/C22H25BrN4O2S/c1-5-27-21(16(4)29-19-8-6-7-14(2)15(19)3)25-26-22(27)30-13-20(28)24-18-11-9-17(23)10-12-18/h6-12,16H,5,13H2,1-4H3,(H,24,28). The molecule has 1 atom stereocenters. The summed E-state index contributed by atoms with van der Waals surface area (Å²) >= 11 is 4.75. The number of halogens is 1. The molecule has 8 heteroatoms. The molecule has 3 aromatic rings. The Hall–Kier alpha value is -2.32. The summed E-state index contributed by atoms with van der Waals surface area (Å²) in [5.41, 5.74) is 3.06. The number of carbonyl (C=O) groups is 1. The number of aromatic nitrogens is 3. The Bertz CT molecular complexity index is 1020. The van der Waals surface area contributed by atoms with Crippen LogP contribution in [0.4, 0.5) is 5.69 Å². The fourth-order valence-electron chi connectivity index (χ4n) is 2.96. The number of hydrogen-bond donors (Lipinski definition) is 1. The molecule has 6 nitrogen and oxygen atoms in total. The van der Waals surface area contributed by atoms with Crippen LogP contribution in [-0.2, 0) is 11.3 Å². The molecule has 0 spiro atoms. The Morgan fingerprint density at radius 3 is 2.63 bits per heavy atom. The summed E-state index contributed by atoms with van der Waals surface area (Å²) in [6.07, 6.45) is -0.260. The molecule has 0 bridgehead atoms. The lowest BCUT2D eigenvalue weighted by Gasteiger charge is -2.17. The third-order valence-corrected chi connectivity index (χ3v) is 6.24. The average Bonchev–Trinajstić information content (AvgIpc) is 3.14. The highest BCUT2D eigenvalue weighted by atomic mass is 79.9. The van der Waals surface area contributed by atoms with Crippen molar-refractivity contribution in [2.24, 2.45) is 0 Å². The van der Waals surface area contributed by atoms with Gasteiger partial charge in [-0.1, -0.05) is 39.8 Å². The summed E-state index contributed by atoms with van der Waals surface area (Å²) in [5, 5.41) is 12.2. The van der Waals surface area contributed by atoms with E-state index in [2.05, 4.69) is 44.4 Å². The molecule has 1 unspecified atom stereocenters. The van der Waals surface area contributed by atoms with E-state index in [0.717, 1.165) is 27.3 Å². The maximum Gasteiger partial charge on any atom is 0.234 e. The summed E-state index contributed by atoms with van der Waals surface area (Å²) in [6.45, 7) is 8.80. The van der Waals surface area contributed by atoms with Crippen LogP contribution in [0.5, 0.6) is 5.75 Å². The van der Waals surface area contributed by atoms with Gasteiger partial charge in [0, 0.05) is 16.7 Å². The normalized spacial score (nSPS) is 11.9. The first kappa shape index (κ1) is 22.4. The molecular weight excluding hydrogens is 464 g/mol. The number of hydrogen-bond acceptors (Lipinski definition) is 5. The molecule has 1 N–H and O–H groups in total. The third-order valence-electron chi connectivity index (χ3n) is 4.74. The molecule has 0 aliphatic carbocycles. The maximum absolute atomic E-state index is 12.3. The Labute approximate surface area is 189 Å². The van der Waals surface area contributed by atoms with Crippen molar-refractivity contribution in [2.45, 2.75) is 45.5 Å². The number of amides is 1. The van der Waals surface area contributed by atoms with Crippen molar-refractivity contribution in [3.8, 4) is 5.75 Å². The molecule has 158 valence electrons. The van der Waals surface area contributed by atoms with Crippen LogP contribution < -0.4 is 10.1 Å². The zero-order valence-corrected chi connectivity index (χ0v) is 19.9. The highest BCUT2D eigenvalue weighted by molar-refractivity contribution is 9.10. The van der Waals surface area contributed by atoms with Crippen molar-refractivity contribution in [3.05, 3.63) is 63.9 Å². The van der Waals surface area contributed by atoms with E-state index in [0.29, 0.717) is 11.7 Å². The summed E-state index contributed by atoms with van der Waals surface area (Å²) in [5.74, 6) is 1.75. The van der Waals surface area contributed by atoms with Crippen LogP contribution >= 0.6 is 27.7 Å². The van der Waals surface area contributed by atoms with Crippen LogP contribution in [0, 0.1) is 13.8 Å². The van der Waals surface area contributed by atoms with Crippen molar-refractivity contribution >= 4 is 39.3 Å². The molecule has 0 saturated heterocycles. The first-order valence-electron chi connectivity index (χ1n) is 9.73. The van der Waals surface area contributed by atoms with Gasteiger partial charge < -0.3 is 14.6 Å². The predicted octanol–water partition coefficient (Wildman–Crippen LogP) is 5.55. The molecule has 0 radical (unpaired) electrons. The van der Waals surface area contributed by atoms with Crippen molar-refractivity contribution in [1.29, 1.82) is 0 Å². The molecule has 0 aliphatic rings. The van der Waals surface area contributed by atoms with Gasteiger partial charge in [-0.25, -0.2) is 0 Å². The van der Waals surface area contributed by atoms with Crippen LogP contribution in [0.25, 0.3) is 0 Å². The Morgan fingerprint density at radius 1 is 1.20 bits per heavy atom. The van der Waals surface area contributed by atoms with Crippen molar-refractivity contribution in [2.75, 3.05) is 11.1 Å². The average molecular weight is 489 g/mol. The van der Waals surface area contributed by atoms with E-state index in [1.54, 1.807) is 0 Å². The maximum atomic E-state index is 12.3. The van der Waals surface area contributed by atoms with E-state index in [1.165, 1.54) is 17.3 Å². The topological polar surface area (TPSA) is 69.0 Å². The molecule has 0 fully saturated rings. The van der Waals surface area contributed by atoms with E-state index >= 15 is 0 Å². The molecule has 2 aromatic carbocycles. The van der Waals surface area contributed by atoms with E-state index in [1.807, 2.05) is 61.7 Å². The second-order valence-electron chi connectivity index (χ2n) is 6.89. The molecule has 1 heterocycles. The molecule has 0 saturated carbocycles. The smallest absolute Gasteiger partial charge is 0.234 e. The number of anilines is 1. The summed E-state index contributed by atoms with van der Waals surface area (Å²) in [4.78, 5) is 12.3. The second kappa shape index (κ2) is 10.1. The number of nitrogens with one attached hydrogen (secondary N) is 1. The van der Waals surface area contributed by atoms with E-state index in [9.17, 15) is 4.79 Å². The summed E-state index contributed by atoms with van der Waals surface area (Å²) in [6, 6.07) is 13.5. The summed E-state index contributed by atoms with van der Waals surface area (Å²) in [7, 11) is 0. The predicted molar refractivity (Wildman–Crippen MR) is 124 cm³/mol. The van der Waals surface area contributed by atoms with Crippen molar-refractivity contribution in [1.82, 2.24) is 14.8 Å². The van der Waals surface area contributed by atoms with E-state index in [-0.39, 0.29) is 17.8 Å². The minimum atomic E-state index is -0.260. The fraction of sp³-hybridized carbons (Fsp3) is 0.318. The van der Waals surface area contributed by atoms with E-state index < -0.39 is 0 Å². The van der Waals surface area contributed by atoms with Crippen LogP contribution in [0.3, 0.4) is 0 Å². The zero-order valence-electron chi connectivity index (χ0n) is 17.5. The van der Waals surface area contributed by atoms with Crippen molar-refractivity contribution < 1.29 is 9.53 Å². The van der Waals surface area contributed by atoms with Crippen LogP contribution in [0.2, 0.25) is 0 Å². The van der Waals surface area contributed by atoms with Gasteiger partial charge in [0.1, 0.15) is 5.75 Å². The third kappa shape index (κ3) is 5.43. The molecule has 3 rings (SSSR count). The highest BCUT2D eigenvalue weighted by Gasteiger charge is 2.20. The minimum Gasteiger partial charge on any atom is -0.482 e. The first-order valence-corrected chi connectivity index (χ1v) is 11.5. The van der Waals surface area contributed by atoms with Gasteiger partial charge in [-0.05, 0) is 69.2 Å². The van der Waals surface area contributed by atoms with Gasteiger partial charge in [0.05, 0.1) is 5.75 Å². The SMILES string of the molecule is CCn1c(SCC(=O)Nc2ccc(Br)cc2)nnc1C(C)Oc1cccc(C)c1C.